The summed E-state index contributed by atoms with van der Waals surface area (Å²) in [6.45, 7) is 0.401. The SMILES string of the molecule is O=C(NC1CCN(S(=O)(=O)c2cccs2)CC1)c1ccccc1C(F)(F)F. The van der Waals surface area contributed by atoms with Crippen molar-refractivity contribution >= 4 is 27.3 Å². The number of sulfonamides is 1. The summed E-state index contributed by atoms with van der Waals surface area (Å²) in [6, 6.07) is 7.41. The Morgan fingerprint density at radius 2 is 1.78 bits per heavy atom. The first kappa shape index (κ1) is 19.8. The van der Waals surface area contributed by atoms with Crippen LogP contribution in [0, 0.1) is 0 Å². The molecule has 146 valence electrons. The van der Waals surface area contributed by atoms with Crippen molar-refractivity contribution in [3.8, 4) is 0 Å². The largest absolute Gasteiger partial charge is 0.417 e. The number of nitrogens with one attached hydrogen (secondary N) is 1. The molecular formula is C17H17F3N2O3S2. The number of carbonyl (C=O) groups is 1. The van der Waals surface area contributed by atoms with Gasteiger partial charge in [0.05, 0.1) is 11.1 Å². The van der Waals surface area contributed by atoms with Crippen molar-refractivity contribution in [2.75, 3.05) is 13.1 Å². The maximum atomic E-state index is 13.1. The quantitative estimate of drug-likeness (QED) is 0.828. The number of hydrogen-bond donors (Lipinski definition) is 1. The molecule has 0 spiro atoms. The average Bonchev–Trinajstić information content (AvgIpc) is 3.17. The summed E-state index contributed by atoms with van der Waals surface area (Å²) in [5.41, 5.74) is -1.42. The first-order valence-electron chi connectivity index (χ1n) is 8.20. The first-order chi connectivity index (χ1) is 12.7. The van der Waals surface area contributed by atoms with Crippen molar-refractivity contribution in [1.29, 1.82) is 0 Å². The Kier molecular flexibility index (Phi) is 5.59. The highest BCUT2D eigenvalue weighted by atomic mass is 32.2. The van der Waals surface area contributed by atoms with E-state index in [1.807, 2.05) is 0 Å². The van der Waals surface area contributed by atoms with Crippen LogP contribution < -0.4 is 5.32 Å². The molecule has 1 aliphatic rings. The fourth-order valence-corrected chi connectivity index (χ4v) is 5.58. The van der Waals surface area contributed by atoms with E-state index in [4.69, 9.17) is 0 Å². The van der Waals surface area contributed by atoms with Crippen molar-refractivity contribution < 1.29 is 26.4 Å². The van der Waals surface area contributed by atoms with Crippen molar-refractivity contribution in [2.24, 2.45) is 0 Å². The van der Waals surface area contributed by atoms with Gasteiger partial charge in [0.2, 0.25) is 0 Å². The predicted octanol–water partition coefficient (Wildman–Crippen LogP) is 3.35. The highest BCUT2D eigenvalue weighted by Crippen LogP contribution is 2.32. The number of carbonyl (C=O) groups excluding carboxylic acids is 1. The Labute approximate surface area is 158 Å². The molecule has 1 N–H and O–H groups in total. The van der Waals surface area contributed by atoms with Gasteiger partial charge in [-0.25, -0.2) is 8.42 Å². The van der Waals surface area contributed by atoms with Gasteiger partial charge in [-0.15, -0.1) is 11.3 Å². The van der Waals surface area contributed by atoms with Crippen LogP contribution in [0.4, 0.5) is 13.2 Å². The lowest BCUT2D eigenvalue weighted by atomic mass is 10.0. The van der Waals surface area contributed by atoms with Gasteiger partial charge in [0.25, 0.3) is 15.9 Å². The van der Waals surface area contributed by atoms with Crippen LogP contribution in [0.1, 0.15) is 28.8 Å². The van der Waals surface area contributed by atoms with Gasteiger partial charge >= 0.3 is 6.18 Å². The van der Waals surface area contributed by atoms with Gasteiger partial charge in [0.1, 0.15) is 4.21 Å². The Morgan fingerprint density at radius 1 is 1.11 bits per heavy atom. The zero-order chi connectivity index (χ0) is 19.7. The summed E-state index contributed by atoms with van der Waals surface area (Å²) in [5.74, 6) is -0.803. The molecule has 1 amide bonds. The van der Waals surface area contributed by atoms with Gasteiger partial charge < -0.3 is 5.32 Å². The lowest BCUT2D eigenvalue weighted by Gasteiger charge is -2.31. The second-order valence-corrected chi connectivity index (χ2v) is 9.24. The smallest absolute Gasteiger partial charge is 0.349 e. The monoisotopic (exact) mass is 418 g/mol. The van der Waals surface area contributed by atoms with Gasteiger partial charge in [-0.05, 0) is 36.4 Å². The molecular weight excluding hydrogens is 401 g/mol. The van der Waals surface area contributed by atoms with Gasteiger partial charge in [-0.2, -0.15) is 17.5 Å². The summed E-state index contributed by atoms with van der Waals surface area (Å²) in [6.07, 6.45) is -3.94. The molecule has 0 unspecified atom stereocenters. The van der Waals surface area contributed by atoms with Gasteiger partial charge in [0.15, 0.2) is 0 Å². The first-order valence-corrected chi connectivity index (χ1v) is 10.5. The number of piperidine rings is 1. The highest BCUT2D eigenvalue weighted by molar-refractivity contribution is 7.91. The van der Waals surface area contributed by atoms with E-state index in [-0.39, 0.29) is 23.3 Å². The van der Waals surface area contributed by atoms with E-state index in [1.54, 1.807) is 11.4 Å². The Bertz CT molecular complexity index is 904. The molecule has 0 atom stereocenters. The highest BCUT2D eigenvalue weighted by Gasteiger charge is 2.36. The lowest BCUT2D eigenvalue weighted by Crippen LogP contribution is -2.46. The second kappa shape index (κ2) is 7.61. The minimum atomic E-state index is -4.62. The molecule has 2 aromatic rings. The molecule has 27 heavy (non-hydrogen) atoms. The molecule has 2 heterocycles. The van der Waals surface area contributed by atoms with Crippen LogP contribution in [-0.2, 0) is 16.2 Å². The molecule has 1 aromatic heterocycles. The summed E-state index contributed by atoms with van der Waals surface area (Å²) < 4.78 is 65.7. The van der Waals surface area contributed by atoms with E-state index in [0.717, 1.165) is 23.5 Å². The van der Waals surface area contributed by atoms with E-state index >= 15 is 0 Å². The van der Waals surface area contributed by atoms with E-state index in [2.05, 4.69) is 5.32 Å². The third-order valence-electron chi connectivity index (χ3n) is 4.36. The molecule has 5 nitrogen and oxygen atoms in total. The Hall–Kier alpha value is -1.91. The zero-order valence-corrected chi connectivity index (χ0v) is 15.7. The fourth-order valence-electron chi connectivity index (χ4n) is 2.97. The summed E-state index contributed by atoms with van der Waals surface area (Å²) >= 11 is 1.13. The maximum absolute atomic E-state index is 13.1. The molecule has 0 aliphatic carbocycles. The Balaban J connectivity index is 1.64. The molecule has 1 fully saturated rings. The van der Waals surface area contributed by atoms with Crippen molar-refractivity contribution in [3.63, 3.8) is 0 Å². The topological polar surface area (TPSA) is 66.5 Å². The van der Waals surface area contributed by atoms with E-state index in [1.165, 1.54) is 22.5 Å². The molecule has 0 saturated carbocycles. The van der Waals surface area contributed by atoms with Crippen molar-refractivity contribution in [2.45, 2.75) is 29.3 Å². The van der Waals surface area contributed by atoms with Crippen LogP contribution in [0.25, 0.3) is 0 Å². The minimum absolute atomic E-state index is 0.200. The molecule has 3 rings (SSSR count). The Morgan fingerprint density at radius 3 is 2.37 bits per heavy atom. The van der Waals surface area contributed by atoms with Crippen molar-refractivity contribution in [1.82, 2.24) is 9.62 Å². The van der Waals surface area contributed by atoms with Crippen LogP contribution in [0.2, 0.25) is 0 Å². The number of nitrogens with zero attached hydrogens (tertiary/aromatic N) is 1. The van der Waals surface area contributed by atoms with E-state index in [9.17, 15) is 26.4 Å². The fraction of sp³-hybridized carbons (Fsp3) is 0.353. The van der Waals surface area contributed by atoms with Gasteiger partial charge in [0, 0.05) is 19.1 Å². The number of rotatable bonds is 4. The second-order valence-electron chi connectivity index (χ2n) is 6.13. The van der Waals surface area contributed by atoms with Crippen LogP contribution in [0.15, 0.2) is 46.0 Å². The summed E-state index contributed by atoms with van der Waals surface area (Å²) in [7, 11) is -3.56. The van der Waals surface area contributed by atoms with Crippen LogP contribution >= 0.6 is 11.3 Å². The predicted molar refractivity (Wildman–Crippen MR) is 95.0 cm³/mol. The number of alkyl halides is 3. The average molecular weight is 418 g/mol. The van der Waals surface area contributed by atoms with Crippen molar-refractivity contribution in [3.05, 3.63) is 52.9 Å². The number of benzene rings is 1. The van der Waals surface area contributed by atoms with E-state index < -0.39 is 33.2 Å². The molecule has 1 aromatic carbocycles. The maximum Gasteiger partial charge on any atom is 0.417 e. The summed E-state index contributed by atoms with van der Waals surface area (Å²) in [4.78, 5) is 12.3. The molecule has 0 radical (unpaired) electrons. The number of thiophene rings is 1. The van der Waals surface area contributed by atoms with Gasteiger partial charge in [-0.1, -0.05) is 18.2 Å². The summed E-state index contributed by atoms with van der Waals surface area (Å²) in [5, 5.41) is 4.28. The van der Waals surface area contributed by atoms with Crippen LogP contribution in [-0.4, -0.2) is 37.8 Å². The standard InChI is InChI=1S/C17H17F3N2O3S2/c18-17(19,20)14-5-2-1-4-13(14)16(23)21-12-7-9-22(10-8-12)27(24,25)15-6-3-11-26-15/h1-6,11-12H,7-10H2,(H,21,23). The lowest BCUT2D eigenvalue weighted by molar-refractivity contribution is -0.137. The number of amides is 1. The van der Waals surface area contributed by atoms with Crippen LogP contribution in [0.3, 0.4) is 0 Å². The normalized spacial score (nSPS) is 17.0. The molecule has 0 bridgehead atoms. The molecule has 10 heteroatoms. The third-order valence-corrected chi connectivity index (χ3v) is 7.63. The zero-order valence-electron chi connectivity index (χ0n) is 14.1. The number of halogens is 3. The molecule has 1 saturated heterocycles. The molecule has 1 aliphatic heterocycles. The van der Waals surface area contributed by atoms with Crippen LogP contribution in [0.5, 0.6) is 0 Å². The van der Waals surface area contributed by atoms with E-state index in [0.29, 0.717) is 12.8 Å². The minimum Gasteiger partial charge on any atom is -0.349 e. The van der Waals surface area contributed by atoms with Gasteiger partial charge in [-0.3, -0.25) is 4.79 Å². The number of hydrogen-bond acceptors (Lipinski definition) is 4. The third kappa shape index (κ3) is 4.33.